The van der Waals surface area contributed by atoms with Crippen LogP contribution in [-0.2, 0) is 19.1 Å². The van der Waals surface area contributed by atoms with Gasteiger partial charge in [-0.15, -0.1) is 11.8 Å². The molecule has 1 aliphatic rings. The number of hydrogen-bond donors (Lipinski definition) is 5. The second-order valence-corrected chi connectivity index (χ2v) is 8.45. The summed E-state index contributed by atoms with van der Waals surface area (Å²) in [7, 11) is 1.18. The lowest BCUT2D eigenvalue weighted by atomic mass is 10.0. The van der Waals surface area contributed by atoms with E-state index in [0.29, 0.717) is 5.56 Å². The smallest absolute Gasteiger partial charge is 0.330 e. The topological polar surface area (TPSA) is 151 Å². The van der Waals surface area contributed by atoms with Crippen LogP contribution >= 0.6 is 11.8 Å². The van der Waals surface area contributed by atoms with E-state index in [1.54, 1.807) is 13.8 Å². The van der Waals surface area contributed by atoms with Crippen molar-refractivity contribution in [3.63, 3.8) is 0 Å². The monoisotopic (exact) mass is 397 g/mol. The fourth-order valence-corrected chi connectivity index (χ4v) is 4.27. The molecule has 1 aromatic carbocycles. The largest absolute Gasteiger partial charge is 0.508 e. The summed E-state index contributed by atoms with van der Waals surface area (Å²) in [5.74, 6) is -2.36. The molecule has 1 aliphatic heterocycles. The number of carboxylic acids is 1. The molecule has 148 valence electrons. The minimum atomic E-state index is -1.13. The third kappa shape index (κ3) is 4.71. The summed E-state index contributed by atoms with van der Waals surface area (Å²) in [4.78, 5) is 36.2. The van der Waals surface area contributed by atoms with Crippen LogP contribution in [0.2, 0.25) is 0 Å². The highest BCUT2D eigenvalue weighted by atomic mass is 32.2. The lowest BCUT2D eigenvalue weighted by Crippen LogP contribution is -2.55. The van der Waals surface area contributed by atoms with E-state index in [9.17, 15) is 24.6 Å². The van der Waals surface area contributed by atoms with Crippen LogP contribution < -0.4 is 16.4 Å². The molecule has 0 aromatic heterocycles. The van der Waals surface area contributed by atoms with Crippen LogP contribution in [0.1, 0.15) is 25.5 Å². The minimum absolute atomic E-state index is 0.0345. The number of methoxy groups -OCH3 is 1. The molecule has 1 saturated heterocycles. The predicted molar refractivity (Wildman–Crippen MR) is 99.0 cm³/mol. The van der Waals surface area contributed by atoms with E-state index < -0.39 is 46.1 Å². The Morgan fingerprint density at radius 1 is 1.30 bits per heavy atom. The first-order valence-corrected chi connectivity index (χ1v) is 9.04. The molecule has 10 heteroatoms. The van der Waals surface area contributed by atoms with E-state index in [4.69, 9.17) is 10.5 Å². The molecule has 1 heterocycles. The predicted octanol–water partition coefficient (Wildman–Crippen LogP) is -0.0559. The Kier molecular flexibility index (Phi) is 6.34. The van der Waals surface area contributed by atoms with Crippen LogP contribution in [0.3, 0.4) is 0 Å². The second kappa shape index (κ2) is 8.15. The first kappa shape index (κ1) is 21.0. The van der Waals surface area contributed by atoms with E-state index in [2.05, 4.69) is 10.6 Å². The Bertz CT molecular complexity index is 724. The maximum absolute atomic E-state index is 12.5. The number of nitrogens with two attached hydrogens (primary N) is 1. The summed E-state index contributed by atoms with van der Waals surface area (Å²) in [6.07, 6.45) is 0. The Hall–Kier alpha value is -2.30. The highest BCUT2D eigenvalue weighted by molar-refractivity contribution is 8.01. The lowest BCUT2D eigenvalue weighted by molar-refractivity contribution is -0.146. The summed E-state index contributed by atoms with van der Waals surface area (Å²) in [5.41, 5.74) is 6.39. The van der Waals surface area contributed by atoms with Gasteiger partial charge in [-0.3, -0.25) is 14.9 Å². The van der Waals surface area contributed by atoms with Crippen molar-refractivity contribution in [3.8, 4) is 5.75 Å². The Balaban J connectivity index is 2.17. The van der Waals surface area contributed by atoms with Gasteiger partial charge in [0.15, 0.2) is 6.04 Å². The molecular weight excluding hydrogens is 374 g/mol. The van der Waals surface area contributed by atoms with Gasteiger partial charge in [0, 0.05) is 4.75 Å². The highest BCUT2D eigenvalue weighted by Crippen LogP contribution is 2.39. The summed E-state index contributed by atoms with van der Waals surface area (Å²) in [6.45, 7) is 3.48. The van der Waals surface area contributed by atoms with Gasteiger partial charge in [-0.2, -0.15) is 0 Å². The third-order valence-corrected chi connectivity index (χ3v) is 5.80. The standard InChI is InChI=1S/C17H23N3O6S/c1-17(2)12(15(23)24)20-14(27-17)11(16(25)26-3)19-13(22)10(18)8-4-6-9(21)7-5-8/h4-7,10-12,14,20-21H,18H2,1-3H3,(H,19,22)(H,23,24). The lowest BCUT2D eigenvalue weighted by Gasteiger charge is -2.24. The number of benzene rings is 1. The molecule has 0 spiro atoms. The summed E-state index contributed by atoms with van der Waals surface area (Å²) in [6, 6.07) is 2.69. The molecule has 6 N–H and O–H groups in total. The normalized spacial score (nSPS) is 23.3. The number of phenols is 1. The zero-order chi connectivity index (χ0) is 20.4. The van der Waals surface area contributed by atoms with Crippen LogP contribution in [0.15, 0.2) is 24.3 Å². The van der Waals surface area contributed by atoms with Crippen LogP contribution in [0.5, 0.6) is 5.75 Å². The number of amides is 1. The van der Waals surface area contributed by atoms with E-state index in [1.807, 2.05) is 0 Å². The molecule has 4 atom stereocenters. The first-order valence-electron chi connectivity index (χ1n) is 8.16. The van der Waals surface area contributed by atoms with Crippen molar-refractivity contribution >= 4 is 29.6 Å². The molecule has 9 nitrogen and oxygen atoms in total. The van der Waals surface area contributed by atoms with Crippen LogP contribution in [0.4, 0.5) is 0 Å². The van der Waals surface area contributed by atoms with Gasteiger partial charge in [0.1, 0.15) is 17.8 Å². The van der Waals surface area contributed by atoms with Gasteiger partial charge in [-0.1, -0.05) is 12.1 Å². The molecule has 1 amide bonds. The van der Waals surface area contributed by atoms with Gasteiger partial charge in [-0.25, -0.2) is 4.79 Å². The fraction of sp³-hybridized carbons (Fsp3) is 0.471. The molecule has 0 radical (unpaired) electrons. The number of carbonyl (C=O) groups excluding carboxylic acids is 2. The van der Waals surface area contributed by atoms with Gasteiger partial charge in [-0.05, 0) is 31.5 Å². The van der Waals surface area contributed by atoms with Gasteiger partial charge in [0.25, 0.3) is 0 Å². The van der Waals surface area contributed by atoms with Crippen molar-refractivity contribution in [1.82, 2.24) is 10.6 Å². The maximum Gasteiger partial charge on any atom is 0.330 e. The van der Waals surface area contributed by atoms with E-state index in [1.165, 1.54) is 43.1 Å². The van der Waals surface area contributed by atoms with E-state index >= 15 is 0 Å². The van der Waals surface area contributed by atoms with E-state index in [0.717, 1.165) is 0 Å². The van der Waals surface area contributed by atoms with E-state index in [-0.39, 0.29) is 5.75 Å². The number of esters is 1. The average Bonchev–Trinajstić information content (AvgIpc) is 2.94. The Labute approximate surface area is 160 Å². The molecule has 1 fully saturated rings. The van der Waals surface area contributed by atoms with Gasteiger partial charge >= 0.3 is 11.9 Å². The number of ether oxygens (including phenoxy) is 1. The number of thioether (sulfide) groups is 1. The zero-order valence-corrected chi connectivity index (χ0v) is 15.9. The molecule has 0 bridgehead atoms. The first-order chi connectivity index (χ1) is 12.6. The number of aliphatic carboxylic acids is 1. The molecule has 2 rings (SSSR count). The van der Waals surface area contributed by atoms with Crippen LogP contribution in [0, 0.1) is 0 Å². The molecule has 0 saturated carbocycles. The molecular formula is C17H23N3O6S. The molecule has 0 aliphatic carbocycles. The summed E-state index contributed by atoms with van der Waals surface area (Å²) >= 11 is 1.23. The van der Waals surface area contributed by atoms with Crippen LogP contribution in [0.25, 0.3) is 0 Å². The van der Waals surface area contributed by atoms with Crippen molar-refractivity contribution < 1.29 is 29.3 Å². The maximum atomic E-state index is 12.5. The second-order valence-electron chi connectivity index (χ2n) is 6.66. The SMILES string of the molecule is COC(=O)C(NC(=O)C(N)c1ccc(O)cc1)C1NC(C(=O)O)C(C)(C)S1. The zero-order valence-electron chi connectivity index (χ0n) is 15.1. The summed E-state index contributed by atoms with van der Waals surface area (Å²) in [5, 5.41) is 23.4. The average molecular weight is 397 g/mol. The Morgan fingerprint density at radius 2 is 1.89 bits per heavy atom. The Morgan fingerprint density at radius 3 is 2.37 bits per heavy atom. The number of rotatable bonds is 6. The number of nitrogens with one attached hydrogen (secondary N) is 2. The van der Waals surface area contributed by atoms with Crippen molar-refractivity contribution in [1.29, 1.82) is 0 Å². The van der Waals surface area contributed by atoms with Crippen molar-refractivity contribution in [2.45, 2.75) is 42.1 Å². The molecule has 4 unspecified atom stereocenters. The van der Waals surface area contributed by atoms with Crippen LogP contribution in [-0.4, -0.2) is 57.4 Å². The molecule has 27 heavy (non-hydrogen) atoms. The third-order valence-electron chi connectivity index (χ3n) is 4.29. The highest BCUT2D eigenvalue weighted by Gasteiger charge is 2.49. The van der Waals surface area contributed by atoms with Gasteiger partial charge < -0.3 is 26.0 Å². The number of hydrogen-bond acceptors (Lipinski definition) is 8. The minimum Gasteiger partial charge on any atom is -0.508 e. The number of aromatic hydroxyl groups is 1. The van der Waals surface area contributed by atoms with Crippen molar-refractivity contribution in [3.05, 3.63) is 29.8 Å². The summed E-state index contributed by atoms with van der Waals surface area (Å²) < 4.78 is 4.06. The quantitative estimate of drug-likeness (QED) is 0.416. The van der Waals surface area contributed by atoms with Gasteiger partial charge in [0.05, 0.1) is 12.5 Å². The van der Waals surface area contributed by atoms with Crippen molar-refractivity contribution in [2.24, 2.45) is 5.73 Å². The molecule has 1 aromatic rings. The number of carbonyl (C=O) groups is 3. The number of phenolic OH excluding ortho intramolecular Hbond substituents is 1. The van der Waals surface area contributed by atoms with Crippen molar-refractivity contribution in [2.75, 3.05) is 7.11 Å². The number of carboxylic acid groups (broad SMARTS) is 1. The van der Waals surface area contributed by atoms with Gasteiger partial charge in [0.2, 0.25) is 5.91 Å². The fourth-order valence-electron chi connectivity index (χ4n) is 2.79.